The molecule has 1 radical (unpaired) electrons. The van der Waals surface area contributed by atoms with Crippen LogP contribution in [0.25, 0.3) is 11.2 Å². The van der Waals surface area contributed by atoms with E-state index in [-0.39, 0.29) is 28.7 Å². The molecule has 2 aromatic heterocycles. The molecule has 0 unspecified atom stereocenters. The van der Waals surface area contributed by atoms with Crippen LogP contribution in [0.15, 0.2) is 12.7 Å². The number of hydrogen-bond acceptors (Lipinski definition) is 7. The summed E-state index contributed by atoms with van der Waals surface area (Å²) in [6.07, 6.45) is -0.903. The van der Waals surface area contributed by atoms with E-state index in [0.717, 1.165) is 0 Å². The van der Waals surface area contributed by atoms with Crippen LogP contribution in [0.4, 0.5) is 5.82 Å². The fourth-order valence-electron chi connectivity index (χ4n) is 2.02. The summed E-state index contributed by atoms with van der Waals surface area (Å²) >= 11 is 0. The van der Waals surface area contributed by atoms with E-state index >= 15 is 0 Å². The molecule has 2 aromatic rings. The van der Waals surface area contributed by atoms with Gasteiger partial charge in [-0.3, -0.25) is 4.57 Å². The summed E-state index contributed by atoms with van der Waals surface area (Å²) in [5, 5.41) is 19.5. The number of aromatic nitrogens is 4. The van der Waals surface area contributed by atoms with Gasteiger partial charge in [-0.2, -0.15) is 0 Å². The van der Waals surface area contributed by atoms with Crippen LogP contribution >= 0.6 is 0 Å². The Morgan fingerprint density at radius 3 is 2.55 bits per heavy atom. The predicted octanol–water partition coefficient (Wildman–Crippen LogP) is -0.765. The smallest absolute Gasteiger partial charge is 0.390 e. The van der Waals surface area contributed by atoms with Crippen LogP contribution in [-0.4, -0.2) is 48.0 Å². The molecule has 3 heterocycles. The maximum Gasteiger partial charge on any atom is 2.00 e. The van der Waals surface area contributed by atoms with Crippen molar-refractivity contribution >= 4 is 17.0 Å². The fourth-order valence-corrected chi connectivity index (χ4v) is 2.02. The first-order chi connectivity index (χ1) is 8.59. The molecule has 0 amide bonds. The topological polar surface area (TPSA) is 156 Å². The van der Waals surface area contributed by atoms with E-state index in [1.807, 2.05) is 0 Å². The van der Waals surface area contributed by atoms with E-state index in [9.17, 15) is 10.2 Å². The van der Waals surface area contributed by atoms with Crippen molar-refractivity contribution in [3.8, 4) is 0 Å². The number of nitrogens with two attached hydrogens (primary N) is 1. The van der Waals surface area contributed by atoms with Crippen LogP contribution < -0.4 is 11.9 Å². The van der Waals surface area contributed by atoms with Gasteiger partial charge in [0.15, 0.2) is 17.7 Å². The Bertz CT molecular complexity index is 593. The minimum absolute atomic E-state index is 0. The second kappa shape index (κ2) is 5.99. The molecule has 0 aromatic carbocycles. The van der Waals surface area contributed by atoms with E-state index in [0.29, 0.717) is 11.2 Å². The summed E-state index contributed by atoms with van der Waals surface area (Å²) in [5.41, 5.74) is 6.53. The monoisotopic (exact) mass is 327 g/mol. The van der Waals surface area contributed by atoms with Gasteiger partial charge < -0.3 is 33.8 Å². The predicted molar refractivity (Wildman–Crippen MR) is 67.0 cm³/mol. The second-order valence-electron chi connectivity index (χ2n) is 4.13. The van der Waals surface area contributed by atoms with E-state index in [2.05, 4.69) is 21.9 Å². The van der Waals surface area contributed by atoms with Crippen molar-refractivity contribution in [3.63, 3.8) is 0 Å². The molecule has 1 aliphatic rings. The third-order valence-electron chi connectivity index (χ3n) is 3.00. The van der Waals surface area contributed by atoms with Gasteiger partial charge in [0.1, 0.15) is 17.9 Å². The van der Waals surface area contributed by atoms with Gasteiger partial charge in [-0.25, -0.2) is 15.0 Å². The average Bonchev–Trinajstić information content (AvgIpc) is 2.88. The zero-order valence-electron chi connectivity index (χ0n) is 10.7. The summed E-state index contributed by atoms with van der Waals surface area (Å²) in [5.74, 6) is 0.248. The largest absolute Gasteiger partial charge is 2.00 e. The normalized spacial score (nSPS) is 28.9. The van der Waals surface area contributed by atoms with Crippen molar-refractivity contribution in [2.45, 2.75) is 24.5 Å². The molecular formula is C10H16CoN6O3+2. The summed E-state index contributed by atoms with van der Waals surface area (Å²) < 4.78 is 6.90. The van der Waals surface area contributed by atoms with Gasteiger partial charge >= 0.3 is 16.8 Å². The molecule has 8 N–H and O–H groups in total. The van der Waals surface area contributed by atoms with Crippen molar-refractivity contribution in [3.05, 3.63) is 19.6 Å². The number of anilines is 1. The molecular weight excluding hydrogens is 311 g/mol. The number of rotatable bonds is 1. The number of nitrogen functional groups attached to an aromatic ring is 1. The average molecular weight is 327 g/mol. The van der Waals surface area contributed by atoms with Crippen molar-refractivity contribution in [2.24, 2.45) is 0 Å². The van der Waals surface area contributed by atoms with E-state index in [1.54, 1.807) is 0 Å². The van der Waals surface area contributed by atoms with Crippen LogP contribution in [-0.2, 0) is 21.5 Å². The molecule has 0 spiro atoms. The minimum Gasteiger partial charge on any atom is -0.390 e. The first-order valence-corrected chi connectivity index (χ1v) is 5.37. The summed E-state index contributed by atoms with van der Waals surface area (Å²) in [4.78, 5) is 11.9. The molecule has 0 bridgehead atoms. The SMILES string of the molecule is [CH2-][C@H]1O[C@@H](n2cnc3c(N)ncnc32)[C@H](O)[C@@H]1O.[Co+2].[NH4+]. The molecule has 4 atom stereocenters. The number of imidazole rings is 1. The number of fused-ring (bicyclic) bond motifs is 1. The number of hydrogen-bond donors (Lipinski definition) is 4. The molecule has 9 nitrogen and oxygen atoms in total. The number of ether oxygens (including phenoxy) is 1. The summed E-state index contributed by atoms with van der Waals surface area (Å²) in [6, 6.07) is 0. The van der Waals surface area contributed by atoms with Gasteiger partial charge in [-0.1, -0.05) is 0 Å². The molecule has 0 saturated carbocycles. The van der Waals surface area contributed by atoms with Crippen molar-refractivity contribution in [1.82, 2.24) is 25.7 Å². The standard InChI is InChI=1S/C10H12N5O3.Co.H3N/c1-4-6(16)7(17)10(18-4)15-3-14-5-8(11)12-2-13-9(5)15;;/h2-4,6-7,10,16-17H,1H2,(H2,11,12,13);;1H3/q-1;+2;/p+1/t4-,6-,7-,10-;;/m1../s1. The van der Waals surface area contributed by atoms with Crippen molar-refractivity contribution < 1.29 is 31.7 Å². The van der Waals surface area contributed by atoms with Gasteiger partial charge in [0.25, 0.3) is 0 Å². The number of aliphatic hydroxyl groups is 2. The van der Waals surface area contributed by atoms with Gasteiger partial charge in [-0.05, 0) is 6.10 Å². The van der Waals surface area contributed by atoms with Crippen LogP contribution in [0.2, 0.25) is 0 Å². The Morgan fingerprint density at radius 2 is 1.95 bits per heavy atom. The molecule has 10 heteroatoms. The molecule has 111 valence electrons. The molecule has 1 aliphatic heterocycles. The molecule has 3 rings (SSSR count). The Kier molecular flexibility index (Phi) is 5.02. The van der Waals surface area contributed by atoms with Crippen LogP contribution in [0.5, 0.6) is 0 Å². The Balaban J connectivity index is 0.000001000. The van der Waals surface area contributed by atoms with E-state index in [4.69, 9.17) is 10.5 Å². The molecule has 1 fully saturated rings. The zero-order valence-corrected chi connectivity index (χ0v) is 11.7. The Morgan fingerprint density at radius 1 is 1.25 bits per heavy atom. The van der Waals surface area contributed by atoms with Crippen molar-refractivity contribution in [1.29, 1.82) is 0 Å². The molecule has 20 heavy (non-hydrogen) atoms. The number of nitrogens with zero attached hydrogens (tertiary/aromatic N) is 4. The van der Waals surface area contributed by atoms with Gasteiger partial charge in [-0.15, -0.1) is 0 Å². The van der Waals surface area contributed by atoms with Gasteiger partial charge in [0, 0.05) is 0 Å². The quantitative estimate of drug-likeness (QED) is 0.501. The Hall–Kier alpha value is -1.30. The van der Waals surface area contributed by atoms with Crippen LogP contribution in [0.3, 0.4) is 0 Å². The van der Waals surface area contributed by atoms with Crippen molar-refractivity contribution in [2.75, 3.05) is 5.73 Å². The van der Waals surface area contributed by atoms with Gasteiger partial charge in [0.2, 0.25) is 0 Å². The summed E-state index contributed by atoms with van der Waals surface area (Å²) in [7, 11) is 0. The second-order valence-corrected chi connectivity index (χ2v) is 4.13. The van der Waals surface area contributed by atoms with Crippen LogP contribution in [0.1, 0.15) is 6.23 Å². The van der Waals surface area contributed by atoms with E-state index in [1.165, 1.54) is 17.2 Å². The van der Waals surface area contributed by atoms with Gasteiger partial charge in [0.05, 0.1) is 12.4 Å². The third-order valence-corrected chi connectivity index (χ3v) is 3.00. The molecule has 1 saturated heterocycles. The molecule has 0 aliphatic carbocycles. The first kappa shape index (κ1) is 16.7. The third kappa shape index (κ3) is 2.37. The van der Waals surface area contributed by atoms with Crippen LogP contribution in [0, 0.1) is 6.92 Å². The Labute approximate surface area is 125 Å². The maximum atomic E-state index is 9.89. The minimum atomic E-state index is -1.10. The number of quaternary nitrogens is 1. The number of aliphatic hydroxyl groups excluding tert-OH is 2. The summed E-state index contributed by atoms with van der Waals surface area (Å²) in [6.45, 7) is 3.60. The fraction of sp³-hybridized carbons (Fsp3) is 0.400. The first-order valence-electron chi connectivity index (χ1n) is 5.37. The maximum absolute atomic E-state index is 9.89. The van der Waals surface area contributed by atoms with E-state index < -0.39 is 24.5 Å². The zero-order chi connectivity index (χ0) is 12.9.